The summed E-state index contributed by atoms with van der Waals surface area (Å²) in [6.07, 6.45) is 0. The number of ether oxygens (including phenoxy) is 1. The van der Waals surface area contributed by atoms with E-state index in [1.807, 2.05) is 0 Å². The van der Waals surface area contributed by atoms with Gasteiger partial charge in [-0.25, -0.2) is 0 Å². The molecule has 27 nitrogen and oxygen atoms in total. The molecule has 0 heterocycles. The number of carbonyl (C=O) groups excluding carboxylic acids is 5. The molecule has 0 unspecified atom stereocenters. The number of rotatable bonds is 30. The molecule has 0 fully saturated rings. The van der Waals surface area contributed by atoms with E-state index in [1.54, 1.807) is 146 Å². The number of carbonyl (C=O) groups is 5. The van der Waals surface area contributed by atoms with Crippen LogP contribution in [0, 0.1) is 5.41 Å². The minimum Gasteiger partial charge on any atom is -0.444 e. The van der Waals surface area contributed by atoms with Crippen molar-refractivity contribution in [3.05, 3.63) is 146 Å². The van der Waals surface area contributed by atoms with Crippen molar-refractivity contribution in [2.24, 2.45) is 0 Å². The van der Waals surface area contributed by atoms with Crippen LogP contribution < -0.4 is 62.4 Å². The number of nitrogens with one attached hydrogen (secondary N) is 6. The lowest BCUT2D eigenvalue weighted by Crippen LogP contribution is -2.68. The van der Waals surface area contributed by atoms with Crippen molar-refractivity contribution in [1.29, 1.82) is 5.41 Å². The maximum absolute atomic E-state index is 11.5. The molecule has 0 aliphatic carbocycles. The van der Waals surface area contributed by atoms with Gasteiger partial charge in [0.2, 0.25) is 29.5 Å². The van der Waals surface area contributed by atoms with Gasteiger partial charge < -0.3 is 96.8 Å². The van der Waals surface area contributed by atoms with Crippen molar-refractivity contribution in [3.63, 3.8) is 0 Å². The molecule has 0 atom stereocenters. The molecule has 0 radical (unpaired) electrons. The standard InChI is InChI=1S/3C20H28N2O7Si2/c1-15(23)21-17-7-11-19(12-8-17)30(25-3,26-4)29-31(27-5,28-6)20-13-9-18(10-14-20)22-16(2)24;1-15(21)28-18-10-8-12-20(14-18)31(26-5,27-6)29-30(24-3,25-4)19-11-7-9-17(13-19)22-16(2)23;1-15(23)21-17-10-12-19(13-11-17)30(25-3,26-4)29-31(27-5,28-6)20-9-7-8-18(14-20)22-16(2)24/h7-14H,1-6H3,(H,21,23)(H,22,24);7-14,21H,1-6H3,(H,22,23);7-14H,1-6H3,(H,21,23)(H,22,24). The lowest BCUT2D eigenvalue weighted by atomic mass is 10.3. The number of benzene rings is 6. The van der Waals surface area contributed by atoms with Gasteiger partial charge in [-0.2, -0.15) is 0 Å². The summed E-state index contributed by atoms with van der Waals surface area (Å²) in [5, 5.41) is 25.1. The van der Waals surface area contributed by atoms with Gasteiger partial charge in [0, 0.05) is 186 Å². The van der Waals surface area contributed by atoms with Crippen LogP contribution in [0.5, 0.6) is 5.75 Å². The largest absolute Gasteiger partial charge is 0.529 e. The Kier molecular flexibility index (Phi) is 30.7. The lowest BCUT2D eigenvalue weighted by molar-refractivity contribution is -0.115. The van der Waals surface area contributed by atoms with E-state index in [1.165, 1.54) is 127 Å². The Balaban J connectivity index is 0.000000297. The zero-order valence-electron chi connectivity index (χ0n) is 55.4. The van der Waals surface area contributed by atoms with Crippen LogP contribution >= 0.6 is 0 Å². The Labute approximate surface area is 549 Å². The van der Waals surface area contributed by atoms with E-state index < -0.39 is 52.8 Å². The normalized spacial score (nSPS) is 11.8. The van der Waals surface area contributed by atoms with Crippen molar-refractivity contribution >= 4 is 148 Å². The summed E-state index contributed by atoms with van der Waals surface area (Å²) >= 11 is 0. The maximum Gasteiger partial charge on any atom is 0.529 e. The molecule has 33 heteroatoms. The monoisotopic (exact) mass is 1390 g/mol. The maximum atomic E-state index is 11.5. The summed E-state index contributed by atoms with van der Waals surface area (Å²) in [5.41, 5.74) is 3.08. The lowest BCUT2D eigenvalue weighted by Gasteiger charge is -2.36. The van der Waals surface area contributed by atoms with Crippen LogP contribution in [0.1, 0.15) is 41.5 Å². The number of anilines is 5. The average Bonchev–Trinajstić information content (AvgIpc) is 0.797. The van der Waals surface area contributed by atoms with Gasteiger partial charge in [0.05, 0.1) is 0 Å². The Morgan fingerprint density at radius 1 is 0.280 bits per heavy atom. The van der Waals surface area contributed by atoms with Gasteiger partial charge in [-0.05, 0) is 72.8 Å². The third-order valence-corrected chi connectivity index (χ3v) is 32.3. The molecule has 0 aliphatic rings. The van der Waals surface area contributed by atoms with Crippen molar-refractivity contribution in [3.8, 4) is 5.75 Å². The fraction of sp³-hybridized carbons (Fsp3) is 0.300. The van der Waals surface area contributed by atoms with Gasteiger partial charge in [0.15, 0.2) is 5.90 Å². The number of hydrogen-bond donors (Lipinski definition) is 6. The molecule has 5 amide bonds. The SMILES string of the molecule is CO[Si](OC)(O[Si](OC)(OC)c1ccc(NC(C)=O)cc1)c1ccc(NC(C)=O)cc1.CO[Si](OC)(O[Si](OC)(OC)c1cccc(NC(C)=O)c1)c1ccc(NC(C)=O)cc1.CO[Si](OC)(O[Si](OC)(OC)c1cccc(OC(C)=N)c1)c1cccc(NC(C)=O)c1. The molecular formula is C60H84N6O21Si6. The topological polar surface area (TPSA) is 317 Å². The fourth-order valence-electron chi connectivity index (χ4n) is 9.09. The first-order chi connectivity index (χ1) is 44.2. The van der Waals surface area contributed by atoms with Gasteiger partial charge in [0.1, 0.15) is 5.75 Å². The highest BCUT2D eigenvalue weighted by atomic mass is 28.5. The summed E-state index contributed by atoms with van der Waals surface area (Å²) in [4.78, 5) is 56.8. The van der Waals surface area contributed by atoms with Crippen molar-refractivity contribution in [2.45, 2.75) is 41.5 Å². The molecule has 0 saturated heterocycles. The van der Waals surface area contributed by atoms with Crippen LogP contribution in [-0.2, 0) is 89.4 Å². The van der Waals surface area contributed by atoms with Crippen LogP contribution in [0.15, 0.2) is 146 Å². The molecule has 6 aromatic carbocycles. The van der Waals surface area contributed by atoms with Crippen molar-refractivity contribution < 1.29 is 94.2 Å². The summed E-state index contributed by atoms with van der Waals surface area (Å²) < 4.78 is 94.2. The highest BCUT2D eigenvalue weighted by Gasteiger charge is 2.58. The fourth-order valence-corrected chi connectivity index (χ4v) is 27.6. The average molecular weight is 1390 g/mol. The number of amides is 5. The van der Waals surface area contributed by atoms with E-state index in [9.17, 15) is 24.0 Å². The third kappa shape index (κ3) is 20.9. The Hall–Kier alpha value is -7.16. The van der Waals surface area contributed by atoms with E-state index in [-0.39, 0.29) is 35.4 Å². The van der Waals surface area contributed by atoms with Gasteiger partial charge in [-0.15, -0.1) is 0 Å². The van der Waals surface area contributed by atoms with E-state index in [0.29, 0.717) is 65.3 Å². The van der Waals surface area contributed by atoms with Crippen LogP contribution in [0.3, 0.4) is 0 Å². The van der Waals surface area contributed by atoms with Crippen molar-refractivity contribution in [2.75, 3.05) is 112 Å². The van der Waals surface area contributed by atoms with Gasteiger partial charge in [-0.1, -0.05) is 72.8 Å². The molecule has 0 bridgehead atoms. The first-order valence-corrected chi connectivity index (χ1v) is 38.5. The molecule has 0 saturated carbocycles. The van der Waals surface area contributed by atoms with Crippen LogP contribution in [-0.4, -0.2) is 174 Å². The molecule has 0 aromatic heterocycles. The molecule has 504 valence electrons. The number of hydrogen-bond acceptors (Lipinski definition) is 22. The molecular weight excluding hydrogens is 1310 g/mol. The quantitative estimate of drug-likeness (QED) is 0.0211. The molecule has 6 rings (SSSR count). The third-order valence-electron chi connectivity index (χ3n) is 13.2. The smallest absolute Gasteiger partial charge is 0.444 e. The Morgan fingerprint density at radius 3 is 0.720 bits per heavy atom. The van der Waals surface area contributed by atoms with E-state index in [0.717, 1.165) is 0 Å². The van der Waals surface area contributed by atoms with Gasteiger partial charge in [-0.3, -0.25) is 29.4 Å². The second-order valence-electron chi connectivity index (χ2n) is 19.6. The zero-order chi connectivity index (χ0) is 69.2. The zero-order valence-corrected chi connectivity index (χ0v) is 61.4. The summed E-state index contributed by atoms with van der Waals surface area (Å²) in [5.74, 6) is -0.400. The van der Waals surface area contributed by atoms with Crippen LogP contribution in [0.2, 0.25) is 0 Å². The van der Waals surface area contributed by atoms with E-state index >= 15 is 0 Å². The minimum absolute atomic E-state index is 0.0486. The molecule has 0 spiro atoms. The first-order valence-electron chi connectivity index (χ1n) is 28.2. The molecule has 93 heavy (non-hydrogen) atoms. The summed E-state index contributed by atoms with van der Waals surface area (Å²) in [6.45, 7) is 8.71. The van der Waals surface area contributed by atoms with Crippen molar-refractivity contribution in [1.82, 2.24) is 0 Å². The Morgan fingerprint density at radius 2 is 0.495 bits per heavy atom. The van der Waals surface area contributed by atoms with E-state index in [4.69, 9.17) is 75.6 Å². The second-order valence-corrected chi connectivity index (χ2v) is 37.1. The molecule has 0 aliphatic heterocycles. The molecule has 6 aromatic rings. The minimum atomic E-state index is -3.54. The first kappa shape index (κ1) is 78.3. The predicted molar refractivity (Wildman–Crippen MR) is 364 cm³/mol. The van der Waals surface area contributed by atoms with E-state index in [2.05, 4.69) is 26.6 Å². The van der Waals surface area contributed by atoms with Gasteiger partial charge in [0.25, 0.3) is 0 Å². The van der Waals surface area contributed by atoms with Crippen LogP contribution in [0.4, 0.5) is 28.4 Å². The summed E-state index contributed by atoms with van der Waals surface area (Å²) in [7, 11) is -3.03. The Bertz CT molecular complexity index is 3260. The van der Waals surface area contributed by atoms with Crippen LogP contribution in [0.25, 0.3) is 0 Å². The molecule has 6 N–H and O–H groups in total. The highest BCUT2D eigenvalue weighted by molar-refractivity contribution is 6.90. The highest BCUT2D eigenvalue weighted by Crippen LogP contribution is 2.25. The summed E-state index contributed by atoms with van der Waals surface area (Å²) in [6, 6.07) is 42.2. The van der Waals surface area contributed by atoms with Gasteiger partial charge >= 0.3 is 52.8 Å². The second kappa shape index (κ2) is 36.5. The predicted octanol–water partition coefficient (Wildman–Crippen LogP) is 4.01.